The first-order valence-electron chi connectivity index (χ1n) is 9.71. The molecule has 0 spiro atoms. The van der Waals surface area contributed by atoms with Crippen LogP contribution in [0.4, 0.5) is 11.4 Å². The molecule has 6 nitrogen and oxygen atoms in total. The van der Waals surface area contributed by atoms with Gasteiger partial charge in [-0.15, -0.1) is 0 Å². The van der Waals surface area contributed by atoms with Crippen molar-refractivity contribution in [1.82, 2.24) is 0 Å². The third-order valence-electron chi connectivity index (χ3n) is 5.21. The maximum Gasteiger partial charge on any atom is 0.306 e. The Hall–Kier alpha value is -1.76. The van der Waals surface area contributed by atoms with Gasteiger partial charge < -0.3 is 9.64 Å². The Morgan fingerprint density at radius 1 is 1.37 bits per heavy atom. The van der Waals surface area contributed by atoms with Gasteiger partial charge in [0.2, 0.25) is 0 Å². The van der Waals surface area contributed by atoms with Crippen molar-refractivity contribution < 1.29 is 14.5 Å². The Bertz CT molecular complexity index is 647. The summed E-state index contributed by atoms with van der Waals surface area (Å²) in [5.41, 5.74) is 1.67. The molecule has 0 bridgehead atoms. The molecule has 0 saturated carbocycles. The van der Waals surface area contributed by atoms with Crippen LogP contribution in [-0.2, 0) is 9.53 Å². The smallest absolute Gasteiger partial charge is 0.306 e. The van der Waals surface area contributed by atoms with E-state index in [2.05, 4.69) is 11.8 Å². The first-order chi connectivity index (χ1) is 13.0. The van der Waals surface area contributed by atoms with Crippen LogP contribution < -0.4 is 4.90 Å². The zero-order chi connectivity index (χ0) is 19.8. The molecule has 1 unspecified atom stereocenters. The van der Waals surface area contributed by atoms with Crippen LogP contribution in [0.1, 0.15) is 57.4 Å². The number of carbonyl (C=O) groups is 1. The number of nitro groups is 1. The van der Waals surface area contributed by atoms with Crippen molar-refractivity contribution in [3.05, 3.63) is 33.9 Å². The maximum atomic E-state index is 11.8. The molecule has 150 valence electrons. The molecule has 0 radical (unpaired) electrons. The zero-order valence-electron chi connectivity index (χ0n) is 16.5. The highest BCUT2D eigenvalue weighted by molar-refractivity contribution is 7.99. The Balaban J connectivity index is 2.37. The minimum absolute atomic E-state index is 0.0732. The Morgan fingerprint density at radius 2 is 2.07 bits per heavy atom. The van der Waals surface area contributed by atoms with Gasteiger partial charge in [-0.2, -0.15) is 11.8 Å². The largest absolute Gasteiger partial charge is 0.469 e. The van der Waals surface area contributed by atoms with E-state index in [1.807, 2.05) is 30.8 Å². The molecule has 1 aliphatic heterocycles. The van der Waals surface area contributed by atoms with Crippen molar-refractivity contribution in [3.8, 4) is 0 Å². The summed E-state index contributed by atoms with van der Waals surface area (Å²) >= 11 is 1.95. The molecule has 1 atom stereocenters. The van der Waals surface area contributed by atoms with E-state index in [9.17, 15) is 14.9 Å². The Labute approximate surface area is 165 Å². The van der Waals surface area contributed by atoms with E-state index < -0.39 is 0 Å². The van der Waals surface area contributed by atoms with Gasteiger partial charge in [-0.25, -0.2) is 0 Å². The van der Waals surface area contributed by atoms with Crippen molar-refractivity contribution in [2.45, 2.75) is 57.9 Å². The standard InChI is InChI=1S/C20H30N2O4S/c1-4-10-21(17-8-11-27-12-9-17)18-7-6-16(13-19(18)22(24)25)15(5-2)14-20(23)26-3/h6-7,13,15,17H,4-5,8-12,14H2,1-3H3. The maximum absolute atomic E-state index is 11.8. The topological polar surface area (TPSA) is 72.7 Å². The third kappa shape index (κ3) is 5.61. The fourth-order valence-electron chi connectivity index (χ4n) is 3.70. The van der Waals surface area contributed by atoms with Crippen molar-refractivity contribution in [2.24, 2.45) is 0 Å². The summed E-state index contributed by atoms with van der Waals surface area (Å²) < 4.78 is 4.77. The Morgan fingerprint density at radius 3 is 2.63 bits per heavy atom. The number of hydrogen-bond acceptors (Lipinski definition) is 6. The molecule has 1 aliphatic rings. The molecule has 0 amide bonds. The van der Waals surface area contributed by atoms with Gasteiger partial charge in [-0.05, 0) is 54.7 Å². The highest BCUT2D eigenvalue weighted by atomic mass is 32.2. The number of thioether (sulfide) groups is 1. The van der Waals surface area contributed by atoms with Crippen LogP contribution in [0.15, 0.2) is 18.2 Å². The quantitative estimate of drug-likeness (QED) is 0.341. The molecule has 7 heteroatoms. The number of esters is 1. The number of nitro benzene ring substituents is 1. The van der Waals surface area contributed by atoms with Crippen LogP contribution in [0.5, 0.6) is 0 Å². The van der Waals surface area contributed by atoms with Crippen molar-refractivity contribution in [3.63, 3.8) is 0 Å². The molecule has 0 N–H and O–H groups in total. The molecular weight excluding hydrogens is 364 g/mol. The molecule has 1 fully saturated rings. The van der Waals surface area contributed by atoms with E-state index in [4.69, 9.17) is 4.74 Å². The van der Waals surface area contributed by atoms with Crippen LogP contribution >= 0.6 is 11.8 Å². The van der Waals surface area contributed by atoms with E-state index in [-0.39, 0.29) is 28.9 Å². The summed E-state index contributed by atoms with van der Waals surface area (Å²) in [5, 5.41) is 11.8. The minimum Gasteiger partial charge on any atom is -0.469 e. The van der Waals surface area contributed by atoms with Crippen molar-refractivity contribution in [2.75, 3.05) is 30.1 Å². The molecule has 1 heterocycles. The van der Waals surface area contributed by atoms with E-state index in [1.165, 1.54) is 7.11 Å². The first-order valence-corrected chi connectivity index (χ1v) is 10.9. The van der Waals surface area contributed by atoms with Gasteiger partial charge in [0.25, 0.3) is 5.69 Å². The van der Waals surface area contributed by atoms with Gasteiger partial charge in [0.1, 0.15) is 5.69 Å². The average Bonchev–Trinajstić information content (AvgIpc) is 2.70. The second kappa shape index (κ2) is 10.5. The van der Waals surface area contributed by atoms with Gasteiger partial charge in [-0.1, -0.05) is 19.9 Å². The Kier molecular flexibility index (Phi) is 8.41. The van der Waals surface area contributed by atoms with Gasteiger partial charge in [-0.3, -0.25) is 14.9 Å². The van der Waals surface area contributed by atoms with Crippen LogP contribution in [-0.4, -0.2) is 42.1 Å². The van der Waals surface area contributed by atoms with Crippen LogP contribution in [0, 0.1) is 10.1 Å². The molecule has 2 rings (SSSR count). The summed E-state index contributed by atoms with van der Waals surface area (Å²) in [4.78, 5) is 25.4. The lowest BCUT2D eigenvalue weighted by Gasteiger charge is -2.35. The van der Waals surface area contributed by atoms with Gasteiger partial charge in [0.15, 0.2) is 0 Å². The molecule has 0 aromatic heterocycles. The second-order valence-electron chi connectivity index (χ2n) is 6.93. The minimum atomic E-state index is -0.291. The number of nitrogens with zero attached hydrogens (tertiary/aromatic N) is 2. The number of benzene rings is 1. The average molecular weight is 395 g/mol. The summed E-state index contributed by atoms with van der Waals surface area (Å²) in [6.07, 6.45) is 4.03. The summed E-state index contributed by atoms with van der Waals surface area (Å²) in [6, 6.07) is 5.84. The van der Waals surface area contributed by atoms with Gasteiger partial charge >= 0.3 is 5.97 Å². The SMILES string of the molecule is CCCN(c1ccc(C(CC)CC(=O)OC)cc1[N+](=O)[O-])C1CCSCC1. The summed E-state index contributed by atoms with van der Waals surface area (Å²) in [6.45, 7) is 4.90. The normalized spacial score (nSPS) is 16.0. The molecule has 1 aromatic carbocycles. The summed E-state index contributed by atoms with van der Waals surface area (Å²) in [5.74, 6) is 1.85. The lowest BCUT2D eigenvalue weighted by Crippen LogP contribution is -2.39. The lowest BCUT2D eigenvalue weighted by atomic mass is 9.92. The highest BCUT2D eigenvalue weighted by Gasteiger charge is 2.28. The molecule has 27 heavy (non-hydrogen) atoms. The third-order valence-corrected chi connectivity index (χ3v) is 6.26. The number of ether oxygens (including phenoxy) is 1. The van der Waals surface area contributed by atoms with E-state index >= 15 is 0 Å². The number of anilines is 1. The number of carbonyl (C=O) groups excluding carboxylic acids is 1. The number of rotatable bonds is 9. The molecule has 1 aromatic rings. The molecule has 0 aliphatic carbocycles. The highest BCUT2D eigenvalue weighted by Crippen LogP contribution is 2.37. The van der Waals surface area contributed by atoms with Crippen molar-refractivity contribution in [1.29, 1.82) is 0 Å². The van der Waals surface area contributed by atoms with Crippen LogP contribution in [0.3, 0.4) is 0 Å². The number of hydrogen-bond donors (Lipinski definition) is 0. The number of methoxy groups -OCH3 is 1. The second-order valence-corrected chi connectivity index (χ2v) is 8.15. The predicted octanol–water partition coefficient (Wildman–Crippen LogP) is 4.76. The lowest BCUT2D eigenvalue weighted by molar-refractivity contribution is -0.384. The van der Waals surface area contributed by atoms with Crippen LogP contribution in [0.25, 0.3) is 0 Å². The monoisotopic (exact) mass is 394 g/mol. The van der Waals surface area contributed by atoms with E-state index in [0.717, 1.165) is 49.3 Å². The summed E-state index contributed by atoms with van der Waals surface area (Å²) in [7, 11) is 1.37. The van der Waals surface area contributed by atoms with Gasteiger partial charge in [0, 0.05) is 18.7 Å². The fourth-order valence-corrected chi connectivity index (χ4v) is 4.78. The molecular formula is C20H30N2O4S. The fraction of sp³-hybridized carbons (Fsp3) is 0.650. The van der Waals surface area contributed by atoms with Crippen molar-refractivity contribution >= 4 is 29.1 Å². The predicted molar refractivity (Wildman–Crippen MR) is 111 cm³/mol. The van der Waals surface area contributed by atoms with Gasteiger partial charge in [0.05, 0.1) is 18.5 Å². The molecule has 1 saturated heterocycles. The van der Waals surface area contributed by atoms with Crippen LogP contribution in [0.2, 0.25) is 0 Å². The van der Waals surface area contributed by atoms with E-state index in [0.29, 0.717) is 11.7 Å². The van der Waals surface area contributed by atoms with E-state index in [1.54, 1.807) is 6.07 Å². The first kappa shape index (κ1) is 21.5. The zero-order valence-corrected chi connectivity index (χ0v) is 17.3.